The van der Waals surface area contributed by atoms with E-state index in [0.29, 0.717) is 43.7 Å². The van der Waals surface area contributed by atoms with E-state index in [2.05, 4.69) is 0 Å². The van der Waals surface area contributed by atoms with E-state index in [4.69, 9.17) is 4.74 Å². The van der Waals surface area contributed by atoms with Gasteiger partial charge in [-0.15, -0.1) is 0 Å². The molecular weight excluding hydrogens is 351 g/mol. The molecule has 0 aliphatic carbocycles. The molecule has 7 heteroatoms. The zero-order valence-electron chi connectivity index (χ0n) is 16.7. The van der Waals surface area contributed by atoms with Crippen molar-refractivity contribution in [1.82, 2.24) is 9.80 Å². The normalized spacial score (nSPS) is 21.0. The first-order chi connectivity index (χ1) is 12.5. The van der Waals surface area contributed by atoms with Crippen molar-refractivity contribution in [3.63, 3.8) is 0 Å². The maximum atomic E-state index is 14.1. The van der Waals surface area contributed by atoms with Gasteiger partial charge in [-0.25, -0.2) is 4.39 Å². The van der Waals surface area contributed by atoms with Crippen LogP contribution >= 0.6 is 0 Å². The number of likely N-dealkylation sites (N-methyl/N-ethyl adjacent to an activating group) is 1. The van der Waals surface area contributed by atoms with Crippen LogP contribution in [0.3, 0.4) is 0 Å². The predicted octanol–water partition coefficient (Wildman–Crippen LogP) is 1.78. The standard InChI is InChI=1S/C20H31FN2O4/c1-19(2,25)9-11-22(3)14-20(26)8-5-10-23(18(20)24)13-15-12-16(27-4)6-7-17(15)21/h6-7,12,25-26H,5,8-11,13-14H2,1-4H3. The number of piperidine rings is 1. The first-order valence-electron chi connectivity index (χ1n) is 9.29. The summed E-state index contributed by atoms with van der Waals surface area (Å²) in [6.45, 7) is 4.77. The van der Waals surface area contributed by atoms with Gasteiger partial charge in [0.15, 0.2) is 5.60 Å². The van der Waals surface area contributed by atoms with Crippen LogP contribution in [0.5, 0.6) is 5.75 Å². The van der Waals surface area contributed by atoms with Gasteiger partial charge in [0.25, 0.3) is 5.91 Å². The molecule has 0 spiro atoms. The highest BCUT2D eigenvalue weighted by atomic mass is 19.1. The zero-order valence-corrected chi connectivity index (χ0v) is 16.7. The first kappa shape index (κ1) is 21.6. The van der Waals surface area contributed by atoms with Gasteiger partial charge in [-0.2, -0.15) is 0 Å². The van der Waals surface area contributed by atoms with Gasteiger partial charge in [0, 0.05) is 31.7 Å². The molecule has 2 N–H and O–H groups in total. The van der Waals surface area contributed by atoms with Crippen molar-refractivity contribution in [1.29, 1.82) is 0 Å². The summed E-state index contributed by atoms with van der Waals surface area (Å²) in [5.41, 5.74) is -1.94. The molecule has 6 nitrogen and oxygen atoms in total. The average molecular weight is 382 g/mol. The molecule has 1 aromatic carbocycles. The molecule has 1 heterocycles. The number of hydrogen-bond acceptors (Lipinski definition) is 5. The molecule has 1 atom stereocenters. The number of halogens is 1. The number of rotatable bonds is 8. The van der Waals surface area contributed by atoms with Crippen LogP contribution < -0.4 is 4.74 Å². The number of likely N-dealkylation sites (tertiary alicyclic amines) is 1. The fourth-order valence-electron chi connectivity index (χ4n) is 3.36. The fraction of sp³-hybridized carbons (Fsp3) is 0.650. The lowest BCUT2D eigenvalue weighted by Gasteiger charge is -2.40. The van der Waals surface area contributed by atoms with Gasteiger partial charge in [-0.05, 0) is 58.4 Å². The van der Waals surface area contributed by atoms with E-state index in [1.165, 1.54) is 24.1 Å². The molecule has 1 aliphatic rings. The van der Waals surface area contributed by atoms with Gasteiger partial charge in [0.2, 0.25) is 0 Å². The highest BCUT2D eigenvalue weighted by Crippen LogP contribution is 2.27. The molecule has 1 amide bonds. The SMILES string of the molecule is COc1ccc(F)c(CN2CCCC(O)(CN(C)CCC(C)(C)O)C2=O)c1. The third kappa shape index (κ3) is 5.89. The Morgan fingerprint density at radius 2 is 2.11 bits per heavy atom. The molecule has 1 fully saturated rings. The van der Waals surface area contributed by atoms with Crippen LogP contribution in [0.1, 0.15) is 38.7 Å². The number of carbonyl (C=O) groups is 1. The Hall–Kier alpha value is -1.70. The maximum absolute atomic E-state index is 14.1. The second-order valence-corrected chi connectivity index (χ2v) is 8.12. The average Bonchev–Trinajstić information content (AvgIpc) is 2.58. The molecule has 2 rings (SSSR count). The number of nitrogens with zero attached hydrogens (tertiary/aromatic N) is 2. The second kappa shape index (κ2) is 8.54. The summed E-state index contributed by atoms with van der Waals surface area (Å²) in [4.78, 5) is 16.3. The Labute approximate surface area is 160 Å². The molecule has 1 aromatic rings. The van der Waals surface area contributed by atoms with Crippen molar-refractivity contribution >= 4 is 5.91 Å². The molecule has 27 heavy (non-hydrogen) atoms. The van der Waals surface area contributed by atoms with Crippen LogP contribution in [-0.4, -0.2) is 70.9 Å². The Morgan fingerprint density at radius 1 is 1.41 bits per heavy atom. The van der Waals surface area contributed by atoms with E-state index in [0.717, 1.165) is 0 Å². The number of aliphatic hydroxyl groups is 2. The molecule has 1 unspecified atom stereocenters. The van der Waals surface area contributed by atoms with Gasteiger partial charge in [-0.1, -0.05) is 0 Å². The fourth-order valence-corrected chi connectivity index (χ4v) is 3.36. The van der Waals surface area contributed by atoms with E-state index in [1.54, 1.807) is 19.9 Å². The lowest BCUT2D eigenvalue weighted by molar-refractivity contribution is -0.160. The summed E-state index contributed by atoms with van der Waals surface area (Å²) in [7, 11) is 3.32. The monoisotopic (exact) mass is 382 g/mol. The minimum Gasteiger partial charge on any atom is -0.497 e. The minimum atomic E-state index is -1.50. The lowest BCUT2D eigenvalue weighted by Crippen LogP contribution is -2.58. The maximum Gasteiger partial charge on any atom is 0.256 e. The third-order valence-electron chi connectivity index (χ3n) is 4.95. The van der Waals surface area contributed by atoms with Crippen LogP contribution in [-0.2, 0) is 11.3 Å². The van der Waals surface area contributed by atoms with Crippen LogP contribution in [0.25, 0.3) is 0 Å². The van der Waals surface area contributed by atoms with Gasteiger partial charge >= 0.3 is 0 Å². The Balaban J connectivity index is 2.06. The summed E-state index contributed by atoms with van der Waals surface area (Å²) in [5, 5.41) is 20.8. The summed E-state index contributed by atoms with van der Waals surface area (Å²) < 4.78 is 19.2. The number of carbonyl (C=O) groups excluding carboxylic acids is 1. The largest absolute Gasteiger partial charge is 0.497 e. The molecule has 0 bridgehead atoms. The second-order valence-electron chi connectivity index (χ2n) is 8.12. The first-order valence-corrected chi connectivity index (χ1v) is 9.29. The van der Waals surface area contributed by atoms with Crippen LogP contribution in [0.15, 0.2) is 18.2 Å². The topological polar surface area (TPSA) is 73.2 Å². The molecule has 1 aliphatic heterocycles. The van der Waals surface area contributed by atoms with E-state index >= 15 is 0 Å². The van der Waals surface area contributed by atoms with Gasteiger partial charge in [0.1, 0.15) is 11.6 Å². The quantitative estimate of drug-likeness (QED) is 0.717. The zero-order chi connectivity index (χ0) is 20.2. The number of benzene rings is 1. The Morgan fingerprint density at radius 3 is 2.74 bits per heavy atom. The van der Waals surface area contributed by atoms with E-state index in [-0.39, 0.29) is 19.0 Å². The highest BCUT2D eigenvalue weighted by Gasteiger charge is 2.43. The van der Waals surface area contributed by atoms with Gasteiger partial charge in [0.05, 0.1) is 12.7 Å². The summed E-state index contributed by atoms with van der Waals surface area (Å²) in [6.07, 6.45) is 1.55. The van der Waals surface area contributed by atoms with Crippen molar-refractivity contribution in [2.24, 2.45) is 0 Å². The Kier molecular flexibility index (Phi) is 6.83. The molecule has 1 saturated heterocycles. The Bertz CT molecular complexity index is 662. The van der Waals surface area contributed by atoms with Crippen molar-refractivity contribution in [3.8, 4) is 5.75 Å². The number of methoxy groups -OCH3 is 1. The van der Waals surface area contributed by atoms with Crippen LogP contribution in [0, 0.1) is 5.82 Å². The van der Waals surface area contributed by atoms with Crippen molar-refractivity contribution < 1.29 is 24.1 Å². The minimum absolute atomic E-state index is 0.0948. The lowest BCUT2D eigenvalue weighted by atomic mass is 9.90. The smallest absolute Gasteiger partial charge is 0.256 e. The highest BCUT2D eigenvalue weighted by molar-refractivity contribution is 5.86. The number of hydrogen-bond donors (Lipinski definition) is 2. The molecule has 0 radical (unpaired) electrons. The van der Waals surface area contributed by atoms with E-state index in [1.807, 2.05) is 11.9 Å². The van der Waals surface area contributed by atoms with Crippen molar-refractivity contribution in [2.45, 2.75) is 50.9 Å². The van der Waals surface area contributed by atoms with Gasteiger partial charge in [-0.3, -0.25) is 4.79 Å². The summed E-state index contributed by atoms with van der Waals surface area (Å²) in [6, 6.07) is 4.43. The van der Waals surface area contributed by atoms with Crippen LogP contribution in [0.4, 0.5) is 4.39 Å². The molecule has 152 valence electrons. The number of amides is 1. The number of ether oxygens (including phenoxy) is 1. The van der Waals surface area contributed by atoms with Crippen molar-refractivity contribution in [3.05, 3.63) is 29.6 Å². The van der Waals surface area contributed by atoms with E-state index < -0.39 is 17.0 Å². The summed E-state index contributed by atoms with van der Waals surface area (Å²) in [5.74, 6) is -0.261. The molecule has 0 saturated carbocycles. The summed E-state index contributed by atoms with van der Waals surface area (Å²) >= 11 is 0. The van der Waals surface area contributed by atoms with Crippen LogP contribution in [0.2, 0.25) is 0 Å². The predicted molar refractivity (Wildman–Crippen MR) is 101 cm³/mol. The third-order valence-corrected chi connectivity index (χ3v) is 4.95. The molecule has 0 aromatic heterocycles. The molecular formula is C20H31FN2O4. The van der Waals surface area contributed by atoms with E-state index in [9.17, 15) is 19.4 Å². The van der Waals surface area contributed by atoms with Crippen molar-refractivity contribution in [2.75, 3.05) is 33.8 Å². The van der Waals surface area contributed by atoms with Gasteiger partial charge < -0.3 is 24.7 Å².